The lowest BCUT2D eigenvalue weighted by Crippen LogP contribution is -2.11. The SMILES string of the molecule is CC(C)(C)c1sccc1CO. The van der Waals surface area contributed by atoms with Crippen molar-refractivity contribution in [1.82, 2.24) is 0 Å². The van der Waals surface area contributed by atoms with Gasteiger partial charge in [-0.1, -0.05) is 20.8 Å². The molecule has 0 aliphatic rings. The van der Waals surface area contributed by atoms with Gasteiger partial charge in [-0.05, 0) is 22.4 Å². The first-order valence-corrected chi connectivity index (χ1v) is 4.61. The van der Waals surface area contributed by atoms with Crippen molar-refractivity contribution in [3.8, 4) is 0 Å². The lowest BCUT2D eigenvalue weighted by atomic mass is 9.92. The van der Waals surface area contributed by atoms with E-state index in [4.69, 9.17) is 5.11 Å². The minimum Gasteiger partial charge on any atom is -0.392 e. The molecule has 0 aliphatic heterocycles. The average Bonchev–Trinajstić information content (AvgIpc) is 2.31. The summed E-state index contributed by atoms with van der Waals surface area (Å²) in [5.74, 6) is 0. The molecule has 0 fully saturated rings. The van der Waals surface area contributed by atoms with Crippen LogP contribution in [0.1, 0.15) is 31.2 Å². The molecule has 1 aromatic heterocycles. The fraction of sp³-hybridized carbons (Fsp3) is 0.556. The molecule has 1 nitrogen and oxygen atoms in total. The number of hydrogen-bond donors (Lipinski definition) is 1. The van der Waals surface area contributed by atoms with Crippen LogP contribution in [0, 0.1) is 0 Å². The predicted octanol–water partition coefficient (Wildman–Crippen LogP) is 2.54. The maximum atomic E-state index is 8.98. The van der Waals surface area contributed by atoms with E-state index in [2.05, 4.69) is 20.8 Å². The second-order valence-electron chi connectivity index (χ2n) is 3.68. The molecule has 0 bridgehead atoms. The van der Waals surface area contributed by atoms with Crippen molar-refractivity contribution in [3.63, 3.8) is 0 Å². The van der Waals surface area contributed by atoms with Gasteiger partial charge < -0.3 is 5.11 Å². The monoisotopic (exact) mass is 170 g/mol. The van der Waals surface area contributed by atoms with E-state index in [9.17, 15) is 0 Å². The summed E-state index contributed by atoms with van der Waals surface area (Å²) in [6.07, 6.45) is 0. The van der Waals surface area contributed by atoms with E-state index in [0.29, 0.717) is 0 Å². The normalized spacial score (nSPS) is 12.0. The van der Waals surface area contributed by atoms with E-state index >= 15 is 0 Å². The molecule has 0 saturated heterocycles. The van der Waals surface area contributed by atoms with Gasteiger partial charge in [0.15, 0.2) is 0 Å². The number of aliphatic hydroxyl groups is 1. The number of thiophene rings is 1. The molecule has 0 aromatic carbocycles. The van der Waals surface area contributed by atoms with Gasteiger partial charge in [0.25, 0.3) is 0 Å². The average molecular weight is 170 g/mol. The van der Waals surface area contributed by atoms with Crippen LogP contribution in [0.5, 0.6) is 0 Å². The summed E-state index contributed by atoms with van der Waals surface area (Å²) in [6, 6.07) is 1.99. The van der Waals surface area contributed by atoms with Crippen molar-refractivity contribution in [2.45, 2.75) is 32.8 Å². The van der Waals surface area contributed by atoms with Gasteiger partial charge in [0, 0.05) is 4.88 Å². The molecule has 0 radical (unpaired) electrons. The Balaban J connectivity index is 3.02. The summed E-state index contributed by atoms with van der Waals surface area (Å²) in [5.41, 5.74) is 1.24. The number of rotatable bonds is 1. The molecule has 62 valence electrons. The third-order valence-electron chi connectivity index (χ3n) is 1.60. The van der Waals surface area contributed by atoms with Crippen LogP contribution >= 0.6 is 11.3 Å². The van der Waals surface area contributed by atoms with Gasteiger partial charge in [-0.2, -0.15) is 0 Å². The first-order valence-electron chi connectivity index (χ1n) is 3.73. The van der Waals surface area contributed by atoms with E-state index in [0.717, 1.165) is 5.56 Å². The molecule has 2 heteroatoms. The fourth-order valence-electron chi connectivity index (χ4n) is 1.12. The molecule has 1 heterocycles. The largest absolute Gasteiger partial charge is 0.392 e. The second-order valence-corrected chi connectivity index (χ2v) is 4.60. The zero-order chi connectivity index (χ0) is 8.48. The van der Waals surface area contributed by atoms with Gasteiger partial charge in [-0.15, -0.1) is 11.3 Å². The van der Waals surface area contributed by atoms with Crippen molar-refractivity contribution in [2.75, 3.05) is 0 Å². The van der Waals surface area contributed by atoms with Crippen LogP contribution in [0.25, 0.3) is 0 Å². The van der Waals surface area contributed by atoms with Crippen LogP contribution in [-0.2, 0) is 12.0 Å². The van der Waals surface area contributed by atoms with Gasteiger partial charge in [0.1, 0.15) is 0 Å². The highest BCUT2D eigenvalue weighted by molar-refractivity contribution is 7.10. The summed E-state index contributed by atoms with van der Waals surface area (Å²) in [4.78, 5) is 1.29. The molecule has 1 aromatic rings. The molecule has 0 saturated carbocycles. The quantitative estimate of drug-likeness (QED) is 0.686. The Morgan fingerprint density at radius 3 is 2.45 bits per heavy atom. The van der Waals surface area contributed by atoms with E-state index in [-0.39, 0.29) is 12.0 Å². The van der Waals surface area contributed by atoms with Crippen LogP contribution in [0.2, 0.25) is 0 Å². The number of hydrogen-bond acceptors (Lipinski definition) is 2. The predicted molar refractivity (Wildman–Crippen MR) is 48.9 cm³/mol. The van der Waals surface area contributed by atoms with Crippen molar-refractivity contribution in [3.05, 3.63) is 21.9 Å². The lowest BCUT2D eigenvalue weighted by molar-refractivity contribution is 0.279. The molecule has 11 heavy (non-hydrogen) atoms. The van der Waals surface area contributed by atoms with Crippen LogP contribution in [0.15, 0.2) is 11.4 Å². The van der Waals surface area contributed by atoms with E-state index in [1.807, 2.05) is 11.4 Å². The van der Waals surface area contributed by atoms with Gasteiger partial charge in [0.2, 0.25) is 0 Å². The highest BCUT2D eigenvalue weighted by atomic mass is 32.1. The third kappa shape index (κ3) is 1.82. The summed E-state index contributed by atoms with van der Waals surface area (Å²) in [7, 11) is 0. The maximum Gasteiger partial charge on any atom is 0.0692 e. The zero-order valence-electron chi connectivity index (χ0n) is 7.22. The van der Waals surface area contributed by atoms with E-state index < -0.39 is 0 Å². The van der Waals surface area contributed by atoms with Gasteiger partial charge in [-0.3, -0.25) is 0 Å². The summed E-state index contributed by atoms with van der Waals surface area (Å²) >= 11 is 1.72. The molecule has 0 atom stereocenters. The van der Waals surface area contributed by atoms with Crippen molar-refractivity contribution < 1.29 is 5.11 Å². The Morgan fingerprint density at radius 2 is 2.09 bits per heavy atom. The lowest BCUT2D eigenvalue weighted by Gasteiger charge is -2.17. The van der Waals surface area contributed by atoms with E-state index in [1.165, 1.54) is 4.88 Å². The van der Waals surface area contributed by atoms with Crippen molar-refractivity contribution in [2.24, 2.45) is 0 Å². The molecule has 0 unspecified atom stereocenters. The first kappa shape index (κ1) is 8.75. The Bertz CT molecular complexity index is 232. The fourth-order valence-corrected chi connectivity index (χ4v) is 2.12. The van der Waals surface area contributed by atoms with Gasteiger partial charge >= 0.3 is 0 Å². The van der Waals surface area contributed by atoms with Crippen LogP contribution in [0.4, 0.5) is 0 Å². The highest BCUT2D eigenvalue weighted by Gasteiger charge is 2.18. The molecular formula is C9H14OS. The zero-order valence-corrected chi connectivity index (χ0v) is 8.03. The molecular weight excluding hydrogens is 156 g/mol. The Kier molecular flexibility index (Phi) is 2.35. The molecule has 0 amide bonds. The Hall–Kier alpha value is -0.340. The topological polar surface area (TPSA) is 20.2 Å². The van der Waals surface area contributed by atoms with Gasteiger partial charge in [-0.25, -0.2) is 0 Å². The van der Waals surface area contributed by atoms with Crippen LogP contribution < -0.4 is 0 Å². The second kappa shape index (κ2) is 2.95. The summed E-state index contributed by atoms with van der Waals surface area (Å²) in [5, 5.41) is 11.0. The minimum absolute atomic E-state index is 0.163. The van der Waals surface area contributed by atoms with Crippen LogP contribution in [0.3, 0.4) is 0 Å². The standard InChI is InChI=1S/C9H14OS/c1-9(2,3)8-7(6-10)4-5-11-8/h4-5,10H,6H2,1-3H3. The van der Waals surface area contributed by atoms with Crippen molar-refractivity contribution in [1.29, 1.82) is 0 Å². The first-order chi connectivity index (χ1) is 5.05. The smallest absolute Gasteiger partial charge is 0.0692 e. The molecule has 1 N–H and O–H groups in total. The third-order valence-corrected chi connectivity index (χ3v) is 2.98. The highest BCUT2D eigenvalue weighted by Crippen LogP contribution is 2.30. The maximum absolute atomic E-state index is 8.98. The number of aliphatic hydroxyl groups excluding tert-OH is 1. The Morgan fingerprint density at radius 1 is 1.45 bits per heavy atom. The summed E-state index contributed by atoms with van der Waals surface area (Å²) < 4.78 is 0. The Labute approximate surface area is 71.7 Å². The van der Waals surface area contributed by atoms with E-state index in [1.54, 1.807) is 11.3 Å². The molecule has 0 aliphatic carbocycles. The van der Waals surface area contributed by atoms with Gasteiger partial charge in [0.05, 0.1) is 6.61 Å². The van der Waals surface area contributed by atoms with Crippen molar-refractivity contribution >= 4 is 11.3 Å². The molecule has 1 rings (SSSR count). The molecule has 0 spiro atoms. The summed E-state index contributed by atoms with van der Waals surface area (Å²) in [6.45, 7) is 6.66. The minimum atomic E-state index is 0.163. The van der Waals surface area contributed by atoms with Crippen LogP contribution in [-0.4, -0.2) is 5.11 Å².